The Hall–Kier alpha value is -0.540. The minimum Gasteiger partial charge on any atom is -0.302 e. The van der Waals surface area contributed by atoms with Gasteiger partial charge in [0.1, 0.15) is 0 Å². The largest absolute Gasteiger partial charge is 0.302 e. The summed E-state index contributed by atoms with van der Waals surface area (Å²) < 4.78 is 0. The van der Waals surface area contributed by atoms with E-state index >= 15 is 0 Å². The van der Waals surface area contributed by atoms with E-state index in [1.54, 1.807) is 6.20 Å². The summed E-state index contributed by atoms with van der Waals surface area (Å²) in [7, 11) is 0. The topological polar surface area (TPSA) is 24.9 Å². The zero-order valence-electron chi connectivity index (χ0n) is 6.49. The third kappa shape index (κ3) is 3.39. The lowest BCUT2D eigenvalue weighted by atomic mass is 10.3. The molecule has 0 amide bonds. The number of nitrogens with one attached hydrogen (secondary N) is 1. The van der Waals surface area contributed by atoms with Crippen LogP contribution in [-0.4, -0.2) is 10.4 Å². The molecule has 1 aromatic heterocycles. The van der Waals surface area contributed by atoms with E-state index in [9.17, 15) is 0 Å². The number of pyridine rings is 1. The second-order valence-corrected chi connectivity index (χ2v) is 3.19. The molecule has 0 spiro atoms. The fourth-order valence-corrected chi connectivity index (χ4v) is 0.860. The van der Waals surface area contributed by atoms with Crippen molar-refractivity contribution in [1.82, 2.24) is 10.3 Å². The molecule has 1 atom stereocenters. The van der Waals surface area contributed by atoms with Crippen LogP contribution in [0.4, 0.5) is 0 Å². The second kappa shape index (κ2) is 4.36. The smallest absolute Gasteiger partial charge is 0.0476 e. The van der Waals surface area contributed by atoms with Gasteiger partial charge in [-0.25, -0.2) is 0 Å². The van der Waals surface area contributed by atoms with E-state index in [0.29, 0.717) is 0 Å². The van der Waals surface area contributed by atoms with Crippen LogP contribution in [0.25, 0.3) is 0 Å². The van der Waals surface area contributed by atoms with Gasteiger partial charge in [0.15, 0.2) is 0 Å². The van der Waals surface area contributed by atoms with Gasteiger partial charge in [0.2, 0.25) is 0 Å². The van der Waals surface area contributed by atoms with Crippen LogP contribution in [0.15, 0.2) is 24.5 Å². The van der Waals surface area contributed by atoms with E-state index in [2.05, 4.69) is 22.9 Å². The summed E-state index contributed by atoms with van der Waals surface area (Å²) in [5.41, 5.74) is 1.19. The lowest BCUT2D eigenvalue weighted by Gasteiger charge is -2.05. The fraction of sp³-hybridized carbons (Fsp3) is 0.375. The lowest BCUT2D eigenvalue weighted by molar-refractivity contribution is 0.689. The molecular weight excluding hydrogens is 156 g/mol. The van der Waals surface area contributed by atoms with E-state index in [-0.39, 0.29) is 5.37 Å². The van der Waals surface area contributed by atoms with Gasteiger partial charge in [-0.2, -0.15) is 12.6 Å². The monoisotopic (exact) mass is 168 g/mol. The Morgan fingerprint density at radius 1 is 1.73 bits per heavy atom. The predicted octanol–water partition coefficient (Wildman–Crippen LogP) is 1.45. The number of rotatable bonds is 3. The first-order valence-electron chi connectivity index (χ1n) is 3.59. The van der Waals surface area contributed by atoms with Gasteiger partial charge in [0, 0.05) is 24.3 Å². The normalized spacial score (nSPS) is 12.9. The van der Waals surface area contributed by atoms with Crippen LogP contribution in [0, 0.1) is 0 Å². The molecule has 11 heavy (non-hydrogen) atoms. The van der Waals surface area contributed by atoms with E-state index in [1.165, 1.54) is 5.56 Å². The summed E-state index contributed by atoms with van der Waals surface area (Å²) >= 11 is 4.20. The Balaban J connectivity index is 2.39. The molecule has 0 aliphatic carbocycles. The molecule has 3 heteroatoms. The maximum atomic E-state index is 4.20. The Bertz CT molecular complexity index is 199. The predicted molar refractivity (Wildman–Crippen MR) is 49.5 cm³/mol. The quantitative estimate of drug-likeness (QED) is 0.527. The molecule has 0 fully saturated rings. The van der Waals surface area contributed by atoms with Crippen LogP contribution in [0.3, 0.4) is 0 Å². The highest BCUT2D eigenvalue weighted by Gasteiger charge is 1.93. The molecule has 1 aromatic rings. The fourth-order valence-electron chi connectivity index (χ4n) is 0.768. The molecule has 60 valence electrons. The Labute approximate surface area is 72.5 Å². The van der Waals surface area contributed by atoms with Crippen molar-refractivity contribution >= 4 is 12.6 Å². The molecule has 0 radical (unpaired) electrons. The molecule has 0 unspecified atom stereocenters. The van der Waals surface area contributed by atoms with E-state index in [4.69, 9.17) is 0 Å². The van der Waals surface area contributed by atoms with E-state index in [0.717, 1.165) is 6.54 Å². The maximum Gasteiger partial charge on any atom is 0.0476 e. The summed E-state index contributed by atoms with van der Waals surface area (Å²) in [6, 6.07) is 3.97. The van der Waals surface area contributed by atoms with Crippen molar-refractivity contribution in [1.29, 1.82) is 0 Å². The third-order valence-corrected chi connectivity index (χ3v) is 1.51. The van der Waals surface area contributed by atoms with Crippen LogP contribution >= 0.6 is 12.6 Å². The van der Waals surface area contributed by atoms with Gasteiger partial charge in [-0.3, -0.25) is 4.98 Å². The average Bonchev–Trinajstić information content (AvgIpc) is 2.03. The first-order chi connectivity index (χ1) is 5.29. The van der Waals surface area contributed by atoms with Crippen LogP contribution < -0.4 is 5.32 Å². The third-order valence-electron chi connectivity index (χ3n) is 1.32. The van der Waals surface area contributed by atoms with Crippen molar-refractivity contribution in [2.75, 3.05) is 0 Å². The van der Waals surface area contributed by atoms with E-state index in [1.807, 2.05) is 25.3 Å². The second-order valence-electron chi connectivity index (χ2n) is 2.42. The summed E-state index contributed by atoms with van der Waals surface area (Å²) in [5, 5.41) is 3.42. The minimum atomic E-state index is 0.232. The van der Waals surface area contributed by atoms with Gasteiger partial charge in [-0.05, 0) is 18.6 Å². The zero-order chi connectivity index (χ0) is 8.10. The molecule has 0 aliphatic rings. The number of thiol groups is 1. The van der Waals surface area contributed by atoms with Crippen molar-refractivity contribution in [3.05, 3.63) is 30.1 Å². The molecule has 0 saturated heterocycles. The molecular formula is C8H12N2S. The van der Waals surface area contributed by atoms with Crippen molar-refractivity contribution in [2.45, 2.75) is 18.8 Å². The molecule has 0 aliphatic heterocycles. The van der Waals surface area contributed by atoms with Crippen LogP contribution in [0.1, 0.15) is 12.5 Å². The molecule has 1 N–H and O–H groups in total. The molecule has 0 bridgehead atoms. The summed E-state index contributed by atoms with van der Waals surface area (Å²) in [6.07, 6.45) is 3.62. The highest BCUT2D eigenvalue weighted by molar-refractivity contribution is 7.80. The first kappa shape index (κ1) is 8.56. The Morgan fingerprint density at radius 3 is 3.09 bits per heavy atom. The molecule has 1 rings (SSSR count). The van der Waals surface area contributed by atoms with Gasteiger partial charge in [0.25, 0.3) is 0 Å². The molecule has 1 heterocycles. The Morgan fingerprint density at radius 2 is 2.55 bits per heavy atom. The summed E-state index contributed by atoms with van der Waals surface area (Å²) in [5.74, 6) is 0. The van der Waals surface area contributed by atoms with Crippen molar-refractivity contribution in [2.24, 2.45) is 0 Å². The number of hydrogen-bond donors (Lipinski definition) is 2. The van der Waals surface area contributed by atoms with Crippen LogP contribution in [-0.2, 0) is 6.54 Å². The maximum absolute atomic E-state index is 4.20. The standard InChI is InChI=1S/C8H12N2S/c1-7(11)10-6-8-3-2-4-9-5-8/h2-5,7,10-11H,6H2,1H3/t7-/m1/s1. The summed E-state index contributed by atoms with van der Waals surface area (Å²) in [4.78, 5) is 4.00. The van der Waals surface area contributed by atoms with Gasteiger partial charge in [-0.1, -0.05) is 6.07 Å². The summed E-state index contributed by atoms with van der Waals surface area (Å²) in [6.45, 7) is 2.83. The number of hydrogen-bond acceptors (Lipinski definition) is 3. The van der Waals surface area contributed by atoms with E-state index < -0.39 is 0 Å². The van der Waals surface area contributed by atoms with Gasteiger partial charge < -0.3 is 5.32 Å². The minimum absolute atomic E-state index is 0.232. The highest BCUT2D eigenvalue weighted by Crippen LogP contribution is 1.96. The lowest BCUT2D eigenvalue weighted by Crippen LogP contribution is -2.19. The van der Waals surface area contributed by atoms with Crippen molar-refractivity contribution in [3.8, 4) is 0 Å². The first-order valence-corrected chi connectivity index (χ1v) is 4.11. The van der Waals surface area contributed by atoms with Gasteiger partial charge in [-0.15, -0.1) is 0 Å². The molecule has 2 nitrogen and oxygen atoms in total. The van der Waals surface area contributed by atoms with Crippen LogP contribution in [0.2, 0.25) is 0 Å². The van der Waals surface area contributed by atoms with Crippen LogP contribution in [0.5, 0.6) is 0 Å². The molecule has 0 saturated carbocycles. The van der Waals surface area contributed by atoms with Gasteiger partial charge in [0.05, 0.1) is 0 Å². The Kier molecular flexibility index (Phi) is 3.39. The number of aromatic nitrogens is 1. The SMILES string of the molecule is C[C@@H](S)NCc1cccnc1. The van der Waals surface area contributed by atoms with Gasteiger partial charge >= 0.3 is 0 Å². The zero-order valence-corrected chi connectivity index (χ0v) is 7.38. The average molecular weight is 168 g/mol. The highest BCUT2D eigenvalue weighted by atomic mass is 32.1. The molecule has 0 aromatic carbocycles. The number of nitrogens with zero attached hydrogens (tertiary/aromatic N) is 1. The van der Waals surface area contributed by atoms with Crippen molar-refractivity contribution in [3.63, 3.8) is 0 Å². The van der Waals surface area contributed by atoms with Crippen molar-refractivity contribution < 1.29 is 0 Å².